The Morgan fingerprint density at radius 2 is 2.19 bits per heavy atom. The number of H-pyrrole nitrogens is 1. The minimum absolute atomic E-state index is 0.626. The highest BCUT2D eigenvalue weighted by Gasteiger charge is 2.07. The van der Waals surface area contributed by atoms with Crippen LogP contribution in [0.25, 0.3) is 22.3 Å². The summed E-state index contributed by atoms with van der Waals surface area (Å²) in [6.07, 6.45) is 2.12. The maximum absolute atomic E-state index is 3.97. The highest BCUT2D eigenvalue weighted by molar-refractivity contribution is 5.87. The first-order valence-corrected chi connectivity index (χ1v) is 5.05. The molecule has 0 aliphatic carbocycles. The van der Waals surface area contributed by atoms with Crippen LogP contribution in [0.1, 0.15) is 5.56 Å². The molecule has 0 saturated carbocycles. The molecule has 0 bridgehead atoms. The van der Waals surface area contributed by atoms with Crippen molar-refractivity contribution in [2.24, 2.45) is 7.05 Å². The summed E-state index contributed by atoms with van der Waals surface area (Å²) < 4.78 is 2.11. The fourth-order valence-electron chi connectivity index (χ4n) is 2.01. The minimum atomic E-state index is 0.626. The van der Waals surface area contributed by atoms with Crippen molar-refractivity contribution in [3.63, 3.8) is 0 Å². The number of nitrogens with zero attached hydrogens (tertiary/aromatic N) is 4. The number of benzene rings is 1. The third-order valence-corrected chi connectivity index (χ3v) is 2.79. The number of aromatic amines is 1. The van der Waals surface area contributed by atoms with Gasteiger partial charge >= 0.3 is 0 Å². The van der Waals surface area contributed by atoms with E-state index >= 15 is 0 Å². The lowest BCUT2D eigenvalue weighted by molar-refractivity contribution is 0.881. The molecule has 0 amide bonds. The Morgan fingerprint density at radius 1 is 1.31 bits per heavy atom. The van der Waals surface area contributed by atoms with E-state index in [4.69, 9.17) is 0 Å². The Kier molecular flexibility index (Phi) is 1.80. The molecule has 1 aromatic carbocycles. The maximum atomic E-state index is 3.97. The third-order valence-electron chi connectivity index (χ3n) is 2.79. The number of tetrazole rings is 1. The van der Waals surface area contributed by atoms with Crippen LogP contribution in [0, 0.1) is 6.92 Å². The topological polar surface area (TPSA) is 59.4 Å². The Balaban J connectivity index is 2.27. The van der Waals surface area contributed by atoms with Crippen LogP contribution in [0.5, 0.6) is 0 Å². The fraction of sp³-hybridized carbons (Fsp3) is 0.182. The van der Waals surface area contributed by atoms with Gasteiger partial charge in [-0.25, -0.2) is 0 Å². The average Bonchev–Trinajstić information content (AvgIpc) is 2.88. The van der Waals surface area contributed by atoms with E-state index in [1.54, 1.807) is 0 Å². The Morgan fingerprint density at radius 3 is 2.94 bits per heavy atom. The molecule has 3 rings (SSSR count). The van der Waals surface area contributed by atoms with E-state index in [0.717, 1.165) is 5.56 Å². The van der Waals surface area contributed by atoms with Crippen molar-refractivity contribution in [3.8, 4) is 11.4 Å². The van der Waals surface area contributed by atoms with Gasteiger partial charge in [-0.05, 0) is 23.8 Å². The monoisotopic (exact) mass is 213 g/mol. The summed E-state index contributed by atoms with van der Waals surface area (Å²) in [5.74, 6) is 0.626. The average molecular weight is 213 g/mol. The van der Waals surface area contributed by atoms with Gasteiger partial charge in [0, 0.05) is 29.7 Å². The molecule has 3 aromatic rings. The molecule has 2 heterocycles. The van der Waals surface area contributed by atoms with Gasteiger partial charge in [-0.2, -0.15) is 5.21 Å². The lowest BCUT2D eigenvalue weighted by Crippen LogP contribution is -1.86. The largest absolute Gasteiger partial charge is 0.350 e. The maximum Gasteiger partial charge on any atom is 0.204 e. The predicted molar refractivity (Wildman–Crippen MR) is 60.8 cm³/mol. The summed E-state index contributed by atoms with van der Waals surface area (Å²) >= 11 is 0. The van der Waals surface area contributed by atoms with Gasteiger partial charge in [0.2, 0.25) is 5.82 Å². The standard InChI is InChI=1S/C11H11N5/c1-7-6-16(2)10-5-8(3-4-9(7)10)11-12-14-15-13-11/h3-6H,1-2H3,(H,12,13,14,15). The van der Waals surface area contributed by atoms with Crippen LogP contribution in [0.3, 0.4) is 0 Å². The van der Waals surface area contributed by atoms with E-state index in [-0.39, 0.29) is 0 Å². The van der Waals surface area contributed by atoms with Crippen LogP contribution in [-0.4, -0.2) is 25.2 Å². The Bertz CT molecular complexity index is 636. The molecule has 2 aromatic heterocycles. The van der Waals surface area contributed by atoms with Crippen molar-refractivity contribution in [3.05, 3.63) is 30.0 Å². The molecule has 0 unspecified atom stereocenters. The van der Waals surface area contributed by atoms with Crippen LogP contribution in [0.4, 0.5) is 0 Å². The van der Waals surface area contributed by atoms with Gasteiger partial charge in [0.1, 0.15) is 0 Å². The van der Waals surface area contributed by atoms with Crippen molar-refractivity contribution in [2.75, 3.05) is 0 Å². The van der Waals surface area contributed by atoms with Crippen LogP contribution in [0.2, 0.25) is 0 Å². The highest BCUT2D eigenvalue weighted by atomic mass is 15.5. The van der Waals surface area contributed by atoms with E-state index in [0.29, 0.717) is 5.82 Å². The highest BCUT2D eigenvalue weighted by Crippen LogP contribution is 2.24. The minimum Gasteiger partial charge on any atom is -0.350 e. The van der Waals surface area contributed by atoms with Gasteiger partial charge in [0.25, 0.3) is 0 Å². The molecule has 0 radical (unpaired) electrons. The normalized spacial score (nSPS) is 11.1. The smallest absolute Gasteiger partial charge is 0.204 e. The second kappa shape index (κ2) is 3.16. The van der Waals surface area contributed by atoms with Crippen molar-refractivity contribution < 1.29 is 0 Å². The van der Waals surface area contributed by atoms with Crippen LogP contribution in [-0.2, 0) is 7.05 Å². The first-order valence-electron chi connectivity index (χ1n) is 5.05. The zero-order valence-corrected chi connectivity index (χ0v) is 9.10. The lowest BCUT2D eigenvalue weighted by Gasteiger charge is -1.98. The summed E-state index contributed by atoms with van der Waals surface area (Å²) in [5.41, 5.74) is 3.43. The van der Waals surface area contributed by atoms with Gasteiger partial charge in [0.05, 0.1) is 0 Å². The number of rotatable bonds is 1. The van der Waals surface area contributed by atoms with E-state index < -0.39 is 0 Å². The second-order valence-electron chi connectivity index (χ2n) is 3.89. The Labute approximate surface area is 92.1 Å². The molecule has 0 aliphatic heterocycles. The molecule has 0 saturated heterocycles. The second-order valence-corrected chi connectivity index (χ2v) is 3.89. The van der Waals surface area contributed by atoms with Crippen molar-refractivity contribution >= 4 is 10.9 Å². The van der Waals surface area contributed by atoms with E-state index in [9.17, 15) is 0 Å². The first kappa shape index (κ1) is 9.08. The number of aryl methyl sites for hydroxylation is 2. The number of hydrogen-bond acceptors (Lipinski definition) is 3. The Hall–Kier alpha value is -2.17. The molecule has 16 heavy (non-hydrogen) atoms. The molecule has 0 aliphatic rings. The zero-order valence-electron chi connectivity index (χ0n) is 9.10. The lowest BCUT2D eigenvalue weighted by atomic mass is 10.1. The van der Waals surface area contributed by atoms with E-state index in [2.05, 4.69) is 50.4 Å². The van der Waals surface area contributed by atoms with Gasteiger partial charge in [-0.1, -0.05) is 12.1 Å². The summed E-state index contributed by atoms with van der Waals surface area (Å²) in [7, 11) is 2.04. The summed E-state index contributed by atoms with van der Waals surface area (Å²) in [5, 5.41) is 15.2. The third kappa shape index (κ3) is 1.21. The molecule has 5 nitrogen and oxygen atoms in total. The summed E-state index contributed by atoms with van der Waals surface area (Å²) in [6, 6.07) is 6.18. The number of fused-ring (bicyclic) bond motifs is 1. The molecule has 5 heteroatoms. The summed E-state index contributed by atoms with van der Waals surface area (Å²) in [6.45, 7) is 2.11. The SMILES string of the molecule is Cc1cn(C)c2cc(-c3nn[nH]n3)ccc12. The van der Waals surface area contributed by atoms with E-state index in [1.165, 1.54) is 16.5 Å². The van der Waals surface area contributed by atoms with Crippen LogP contribution >= 0.6 is 0 Å². The molecule has 80 valence electrons. The number of hydrogen-bond donors (Lipinski definition) is 1. The zero-order chi connectivity index (χ0) is 11.1. The quantitative estimate of drug-likeness (QED) is 0.668. The van der Waals surface area contributed by atoms with E-state index in [1.807, 2.05) is 13.1 Å². The van der Waals surface area contributed by atoms with Crippen molar-refractivity contribution in [1.29, 1.82) is 0 Å². The van der Waals surface area contributed by atoms with Gasteiger partial charge < -0.3 is 4.57 Å². The molecule has 0 atom stereocenters. The molecular formula is C11H11N5. The van der Waals surface area contributed by atoms with Gasteiger partial charge in [0.15, 0.2) is 0 Å². The number of aromatic nitrogens is 5. The number of nitrogens with one attached hydrogen (secondary N) is 1. The van der Waals surface area contributed by atoms with Gasteiger partial charge in [-0.3, -0.25) is 0 Å². The molecule has 0 fully saturated rings. The molecule has 1 N–H and O–H groups in total. The molecular weight excluding hydrogens is 202 g/mol. The summed E-state index contributed by atoms with van der Waals surface area (Å²) in [4.78, 5) is 0. The van der Waals surface area contributed by atoms with Gasteiger partial charge in [-0.15, -0.1) is 10.2 Å². The van der Waals surface area contributed by atoms with Crippen molar-refractivity contribution in [2.45, 2.75) is 6.92 Å². The predicted octanol–water partition coefficient (Wildman–Crippen LogP) is 1.67. The first-order chi connectivity index (χ1) is 7.75. The molecule has 0 spiro atoms. The van der Waals surface area contributed by atoms with Crippen LogP contribution < -0.4 is 0 Å². The van der Waals surface area contributed by atoms with Crippen LogP contribution in [0.15, 0.2) is 24.4 Å². The fourth-order valence-corrected chi connectivity index (χ4v) is 2.01. The van der Waals surface area contributed by atoms with Crippen molar-refractivity contribution in [1.82, 2.24) is 25.2 Å².